The molecule has 1 heterocycles. The van der Waals surface area contributed by atoms with Gasteiger partial charge in [0.25, 0.3) is 0 Å². The fourth-order valence-corrected chi connectivity index (χ4v) is 0.821. The summed E-state index contributed by atoms with van der Waals surface area (Å²) in [7, 11) is 0. The first kappa shape index (κ1) is 7.96. The van der Waals surface area contributed by atoms with Crippen molar-refractivity contribution < 1.29 is 9.47 Å². The maximum absolute atomic E-state index is 5.31. The van der Waals surface area contributed by atoms with Gasteiger partial charge >= 0.3 is 0 Å². The van der Waals surface area contributed by atoms with Gasteiger partial charge in [0.1, 0.15) is 19.0 Å². The lowest BCUT2D eigenvalue weighted by Crippen LogP contribution is -2.10. The molecule has 0 N–H and O–H groups in total. The lowest BCUT2D eigenvalue weighted by Gasteiger charge is -2.16. The van der Waals surface area contributed by atoms with E-state index < -0.39 is 0 Å². The molecular weight excluding hydrogens is 140 g/mol. The quantitative estimate of drug-likeness (QED) is 0.535. The molecule has 0 amide bonds. The average molecular weight is 152 g/mol. The van der Waals surface area contributed by atoms with E-state index in [0.717, 1.165) is 11.5 Å². The number of allylic oxidation sites excluding steroid dienone is 2. The highest BCUT2D eigenvalue weighted by molar-refractivity contribution is 5.15. The van der Waals surface area contributed by atoms with Gasteiger partial charge in [-0.3, -0.25) is 0 Å². The minimum Gasteiger partial charge on any atom is -0.491 e. The second kappa shape index (κ2) is 3.89. The average Bonchev–Trinajstić information content (AvgIpc) is 2.03. The lowest BCUT2D eigenvalue weighted by atomic mass is 10.4. The highest BCUT2D eigenvalue weighted by Gasteiger charge is 2.06. The summed E-state index contributed by atoms with van der Waals surface area (Å²) < 4.78 is 10.6. The van der Waals surface area contributed by atoms with E-state index in [1.165, 1.54) is 0 Å². The molecule has 0 aromatic carbocycles. The predicted molar refractivity (Wildman–Crippen MR) is 42.9 cm³/mol. The zero-order chi connectivity index (χ0) is 8.10. The maximum Gasteiger partial charge on any atom is 0.164 e. The number of rotatable bonds is 1. The van der Waals surface area contributed by atoms with Crippen LogP contribution in [0.4, 0.5) is 0 Å². The maximum atomic E-state index is 5.31. The molecular formula is C9H12O2. The molecule has 60 valence electrons. The molecule has 0 saturated carbocycles. The Balaban J connectivity index is 2.74. The van der Waals surface area contributed by atoms with Crippen LogP contribution in [0.25, 0.3) is 0 Å². The van der Waals surface area contributed by atoms with Crippen molar-refractivity contribution >= 4 is 0 Å². The molecule has 0 radical (unpaired) electrons. The van der Waals surface area contributed by atoms with Gasteiger partial charge in [-0.1, -0.05) is 0 Å². The van der Waals surface area contributed by atoms with Crippen molar-refractivity contribution in [2.75, 3.05) is 13.2 Å². The highest BCUT2D eigenvalue weighted by Crippen LogP contribution is 2.12. The van der Waals surface area contributed by atoms with Crippen molar-refractivity contribution in [3.05, 3.63) is 29.4 Å². The van der Waals surface area contributed by atoms with Crippen LogP contribution in [0.2, 0.25) is 0 Å². The minimum atomic E-state index is 0.633. The summed E-state index contributed by atoms with van der Waals surface area (Å²) in [6, 6.07) is 0. The van der Waals surface area contributed by atoms with Gasteiger partial charge in [-0.05, 0) is 19.9 Å². The summed E-state index contributed by atoms with van der Waals surface area (Å²) in [5.74, 6) is 1.62. The van der Waals surface area contributed by atoms with Crippen molar-refractivity contribution in [2.45, 2.75) is 13.8 Å². The summed E-state index contributed by atoms with van der Waals surface area (Å²) >= 11 is 0. The zero-order valence-electron chi connectivity index (χ0n) is 6.89. The molecule has 1 aliphatic rings. The van der Waals surface area contributed by atoms with E-state index in [4.69, 9.17) is 9.47 Å². The van der Waals surface area contributed by atoms with Crippen LogP contribution < -0.4 is 0 Å². The first-order valence-electron chi connectivity index (χ1n) is 3.68. The van der Waals surface area contributed by atoms with Crippen molar-refractivity contribution in [1.29, 1.82) is 0 Å². The molecule has 0 aromatic rings. The van der Waals surface area contributed by atoms with Crippen LogP contribution >= 0.6 is 0 Å². The van der Waals surface area contributed by atoms with Gasteiger partial charge in [0.15, 0.2) is 5.76 Å². The van der Waals surface area contributed by atoms with Gasteiger partial charge in [-0.25, -0.2) is 0 Å². The van der Waals surface area contributed by atoms with Crippen LogP contribution in [0.15, 0.2) is 29.4 Å². The SMILES string of the molecule is CC=C=CC1=C(C)OCCO1. The molecule has 2 nitrogen and oxygen atoms in total. The molecule has 2 heteroatoms. The van der Waals surface area contributed by atoms with E-state index in [0.29, 0.717) is 13.2 Å². The van der Waals surface area contributed by atoms with Crippen LogP contribution in [-0.2, 0) is 9.47 Å². The topological polar surface area (TPSA) is 18.5 Å². The zero-order valence-corrected chi connectivity index (χ0v) is 6.89. The van der Waals surface area contributed by atoms with Gasteiger partial charge in [0.05, 0.1) is 0 Å². The molecule has 11 heavy (non-hydrogen) atoms. The van der Waals surface area contributed by atoms with Crippen LogP contribution in [0.3, 0.4) is 0 Å². The molecule has 0 fully saturated rings. The Morgan fingerprint density at radius 1 is 1.36 bits per heavy atom. The van der Waals surface area contributed by atoms with Gasteiger partial charge in [0, 0.05) is 6.08 Å². The Labute approximate surface area is 66.8 Å². The first-order chi connectivity index (χ1) is 5.34. The fraction of sp³-hybridized carbons (Fsp3) is 0.444. The minimum absolute atomic E-state index is 0.633. The summed E-state index contributed by atoms with van der Waals surface area (Å²) in [6.07, 6.45) is 3.62. The van der Waals surface area contributed by atoms with E-state index in [2.05, 4.69) is 5.73 Å². The summed E-state index contributed by atoms with van der Waals surface area (Å²) in [6.45, 7) is 5.09. The van der Waals surface area contributed by atoms with Crippen LogP contribution in [0.5, 0.6) is 0 Å². The molecule has 0 bridgehead atoms. The molecule has 0 spiro atoms. The summed E-state index contributed by atoms with van der Waals surface area (Å²) in [4.78, 5) is 0. The van der Waals surface area contributed by atoms with Crippen LogP contribution in [-0.4, -0.2) is 13.2 Å². The molecule has 1 rings (SSSR count). The van der Waals surface area contributed by atoms with E-state index in [1.54, 1.807) is 6.08 Å². The number of ether oxygens (including phenoxy) is 2. The first-order valence-corrected chi connectivity index (χ1v) is 3.68. The molecule has 0 atom stereocenters. The molecule has 0 aliphatic carbocycles. The fourth-order valence-electron chi connectivity index (χ4n) is 0.821. The Morgan fingerprint density at radius 3 is 2.73 bits per heavy atom. The smallest absolute Gasteiger partial charge is 0.164 e. The van der Waals surface area contributed by atoms with Gasteiger partial charge in [-0.2, -0.15) is 0 Å². The largest absolute Gasteiger partial charge is 0.491 e. The number of hydrogen-bond donors (Lipinski definition) is 0. The molecule has 0 saturated heterocycles. The highest BCUT2D eigenvalue weighted by atomic mass is 16.6. The van der Waals surface area contributed by atoms with Crippen LogP contribution in [0.1, 0.15) is 13.8 Å². The second-order valence-electron chi connectivity index (χ2n) is 2.22. The summed E-state index contributed by atoms with van der Waals surface area (Å²) in [5.41, 5.74) is 2.94. The van der Waals surface area contributed by atoms with Crippen LogP contribution in [0, 0.1) is 0 Å². The third-order valence-electron chi connectivity index (χ3n) is 1.39. The van der Waals surface area contributed by atoms with Gasteiger partial charge < -0.3 is 9.47 Å². The number of hydrogen-bond acceptors (Lipinski definition) is 2. The second-order valence-corrected chi connectivity index (χ2v) is 2.22. The van der Waals surface area contributed by atoms with Gasteiger partial charge in [-0.15, -0.1) is 5.73 Å². The Bertz CT molecular complexity index is 220. The standard InChI is InChI=1S/C9H12O2/c1-3-4-5-9-8(2)10-6-7-11-9/h3,5H,6-7H2,1-2H3. The Hall–Kier alpha value is -1.14. The summed E-state index contributed by atoms with van der Waals surface area (Å²) in [5, 5.41) is 0. The van der Waals surface area contributed by atoms with Crippen molar-refractivity contribution in [3.8, 4) is 0 Å². The van der Waals surface area contributed by atoms with E-state index >= 15 is 0 Å². The van der Waals surface area contributed by atoms with Gasteiger partial charge in [0.2, 0.25) is 0 Å². The van der Waals surface area contributed by atoms with E-state index in [9.17, 15) is 0 Å². The third kappa shape index (κ3) is 2.17. The van der Waals surface area contributed by atoms with E-state index in [-0.39, 0.29) is 0 Å². The monoisotopic (exact) mass is 152 g/mol. The predicted octanol–water partition coefficient (Wildman–Crippen LogP) is 2.00. The normalized spacial score (nSPS) is 16.2. The molecule has 1 aliphatic heterocycles. The Kier molecular flexibility index (Phi) is 2.82. The van der Waals surface area contributed by atoms with Crippen molar-refractivity contribution in [3.63, 3.8) is 0 Å². The Morgan fingerprint density at radius 2 is 2.09 bits per heavy atom. The lowest BCUT2D eigenvalue weighted by molar-refractivity contribution is 0.0708. The molecule has 0 unspecified atom stereocenters. The van der Waals surface area contributed by atoms with E-state index in [1.807, 2.05) is 19.9 Å². The van der Waals surface area contributed by atoms with Crippen molar-refractivity contribution in [2.24, 2.45) is 0 Å². The van der Waals surface area contributed by atoms with Crippen molar-refractivity contribution in [1.82, 2.24) is 0 Å². The molecule has 0 aromatic heterocycles. The third-order valence-corrected chi connectivity index (χ3v) is 1.39.